The highest BCUT2D eigenvalue weighted by molar-refractivity contribution is 7.47. The predicted octanol–water partition coefficient (Wildman–Crippen LogP) is 14.2. The van der Waals surface area contributed by atoms with Gasteiger partial charge in [0.25, 0.3) is 19.6 Å². The Labute approximate surface area is 596 Å². The van der Waals surface area contributed by atoms with Gasteiger partial charge in [0.2, 0.25) is 23.7 Å². The monoisotopic (exact) mass is 1460 g/mol. The highest BCUT2D eigenvalue weighted by Crippen LogP contribution is 2.52. The van der Waals surface area contributed by atoms with Gasteiger partial charge < -0.3 is 37.0 Å². The van der Waals surface area contributed by atoms with E-state index < -0.39 is 69.4 Å². The number of nitrogens with one attached hydrogen (secondary N) is 4. The Morgan fingerprint density at radius 3 is 1.27 bits per heavy atom. The number of ether oxygens (including phenoxy) is 2. The van der Waals surface area contributed by atoms with Crippen LogP contribution in [0.25, 0.3) is 22.3 Å². The summed E-state index contributed by atoms with van der Waals surface area (Å²) in [6.07, 6.45) is 0.922. The minimum atomic E-state index is -2.29. The number of hydrogen-bond acceptors (Lipinski definition) is 21. The number of fused-ring (bicyclic) bond motifs is 2. The maximum Gasteiger partial charge on any atom is 0.280 e. The Morgan fingerprint density at radius 1 is 0.606 bits per heavy atom. The van der Waals surface area contributed by atoms with Crippen LogP contribution in [0.4, 0.5) is 11.9 Å². The number of hydrogen-bond donors (Lipinski definition) is 5. The van der Waals surface area contributed by atoms with Crippen molar-refractivity contribution in [1.29, 1.82) is 10.5 Å². The fraction of sp³-hybridized carbons (Fsp3) is 0.794. The van der Waals surface area contributed by atoms with Gasteiger partial charge in [-0.25, -0.2) is 24.0 Å². The third-order valence-electron chi connectivity index (χ3n) is 17.9. The number of aliphatic hydroxyl groups is 1. The zero-order chi connectivity index (χ0) is 73.7. The Hall–Kier alpha value is -4.53. The van der Waals surface area contributed by atoms with Crippen LogP contribution in [0, 0.1) is 46.3 Å². The molecule has 564 valence electrons. The smallest absolute Gasteiger partial charge is 0.280 e. The number of H-pyrrole nitrogens is 2. The number of aromatic nitrogens is 8. The standard InChI is InChI=1S/C30H52N7O6PSi.C21H35N5O5Si.C15H32N3OP.2CH4/c1-18(2)26(38)34-29-33-25-23(27(39)35-29)32-17-36(25)28-24(43-45(11,12)30(8,9)10)21(7)22(42-28)16-41-44(40-15-13-14-31)37(19(3)4)20(5)6;1-11(2)17(28)24-20-23-16-14(18(29)25-20)22-10-26(16)19-15(12(3)13(9-27)30-19)31-32(7,8)21(4,5)6;1-12(2)17(13(3)4)20(19-11-9-10-16)18(14(5)6)15(7)8;;/h17-22,24,28H,13,15-16H2,1-12H3,(H2,33,34,35,38,39);10-13,15,19,27H,9H2,1-8H3,(H2,23,24,25,28,29);12-15H,9,11H2,1-8H3;2*1H4/t21-,22-,24-,28-,44?;12-,13-,15-,19-;;;/m11.../s1. The number of carbonyl (C=O) groups excluding carboxylic acids is 2. The molecule has 9 atom stereocenters. The molecule has 1 unspecified atom stereocenters. The normalized spacial score (nSPS) is 20.4. The lowest BCUT2D eigenvalue weighted by molar-refractivity contribution is -0.119. The van der Waals surface area contributed by atoms with Gasteiger partial charge >= 0.3 is 0 Å². The molecule has 2 aliphatic rings. The summed E-state index contributed by atoms with van der Waals surface area (Å²) in [6, 6.07) is 6.30. The van der Waals surface area contributed by atoms with Gasteiger partial charge in [-0.05, 0) is 119 Å². The molecule has 2 aliphatic heterocycles. The number of nitrogens with zero attached hydrogens (tertiary/aromatic N) is 11. The fourth-order valence-corrected chi connectivity index (χ4v) is 17.3. The highest BCUT2D eigenvalue weighted by atomic mass is 31.2. The zero-order valence-corrected chi connectivity index (χ0v) is 67.2. The van der Waals surface area contributed by atoms with Crippen LogP contribution in [-0.4, -0.2) is 174 Å². The summed E-state index contributed by atoms with van der Waals surface area (Å²) in [6.45, 7) is 59.8. The molecule has 27 nitrogen and oxygen atoms in total. The van der Waals surface area contributed by atoms with Crippen LogP contribution in [0.1, 0.15) is 206 Å². The van der Waals surface area contributed by atoms with Crippen molar-refractivity contribution in [1.82, 2.24) is 53.0 Å². The molecular weight excluding hydrogens is 1340 g/mol. The topological polar surface area (TPSA) is 327 Å². The lowest BCUT2D eigenvalue weighted by Gasteiger charge is -2.45. The van der Waals surface area contributed by atoms with E-state index in [4.69, 9.17) is 42.4 Å². The number of aliphatic hydroxyl groups excluding tert-OH is 1. The number of amides is 2. The van der Waals surface area contributed by atoms with E-state index in [1.54, 1.807) is 43.2 Å². The van der Waals surface area contributed by atoms with E-state index in [1.165, 1.54) is 6.33 Å². The SMILES string of the molecule is C.C.CC(C)C(=O)Nc1nc2c(ncn2[C@@H]2O[C@H](CO)[C@@H](C)[C@H]2O[Si](C)(C)C(C)(C)C)c(=O)[nH]1.CC(C)C(=O)Nc1nc2c(ncn2[C@@H]2O[C@H](COP(OCCC#N)N(C(C)C)C(C)C)[C@@H](C)[C@H]2O[Si](C)(C)C(C)(C)C)c(=O)[nH]1.CC(C)N(C(C)C)P(OCCC#N)N(C(C)C)C(C)C. The number of carbonyl (C=O) groups is 2. The van der Waals surface area contributed by atoms with E-state index in [0.717, 1.165) is 0 Å². The van der Waals surface area contributed by atoms with Crippen LogP contribution in [0.5, 0.6) is 0 Å². The van der Waals surface area contributed by atoms with E-state index >= 15 is 0 Å². The number of nitriles is 2. The summed E-state index contributed by atoms with van der Waals surface area (Å²) in [4.78, 5) is 72.8. The van der Waals surface area contributed by atoms with Crippen molar-refractivity contribution in [3.8, 4) is 12.1 Å². The Bertz CT molecular complexity index is 3330. The van der Waals surface area contributed by atoms with Crippen LogP contribution in [-0.2, 0) is 41.5 Å². The highest BCUT2D eigenvalue weighted by Gasteiger charge is 2.52. The molecule has 0 aliphatic carbocycles. The number of imidazole rings is 2. The first-order chi connectivity index (χ1) is 44.9. The first-order valence-corrected chi connectivity index (χ1v) is 42.4. The second-order valence-corrected chi connectivity index (χ2v) is 43.1. The number of anilines is 2. The van der Waals surface area contributed by atoms with Gasteiger partial charge in [-0.15, -0.1) is 0 Å². The summed E-state index contributed by atoms with van der Waals surface area (Å²) in [5, 5.41) is 32.9. The van der Waals surface area contributed by atoms with E-state index in [1.807, 2.05) is 6.92 Å². The van der Waals surface area contributed by atoms with Crippen LogP contribution in [0.15, 0.2) is 22.2 Å². The molecule has 5 N–H and O–H groups in total. The molecule has 6 heterocycles. The van der Waals surface area contributed by atoms with Crippen LogP contribution in [0.2, 0.25) is 36.3 Å². The van der Waals surface area contributed by atoms with Gasteiger partial charge in [-0.1, -0.05) is 97.9 Å². The van der Waals surface area contributed by atoms with E-state index in [2.05, 4.69) is 224 Å². The predicted molar refractivity (Wildman–Crippen MR) is 403 cm³/mol. The molecule has 2 amide bonds. The molecule has 0 bridgehead atoms. The van der Waals surface area contributed by atoms with Gasteiger partial charge in [-0.3, -0.25) is 48.9 Å². The molecule has 6 rings (SSSR count). The first-order valence-electron chi connectivity index (χ1n) is 34.3. The van der Waals surface area contributed by atoms with Gasteiger partial charge in [0, 0.05) is 59.9 Å². The molecule has 2 fully saturated rings. The third kappa shape index (κ3) is 23.5. The molecule has 2 saturated heterocycles. The Morgan fingerprint density at radius 2 is 0.949 bits per heavy atom. The molecule has 4 aromatic rings. The van der Waals surface area contributed by atoms with Gasteiger partial charge in [-0.2, -0.15) is 20.5 Å². The van der Waals surface area contributed by atoms with Crippen molar-refractivity contribution in [2.24, 2.45) is 23.7 Å². The van der Waals surface area contributed by atoms with Gasteiger partial charge in [0.1, 0.15) is 0 Å². The van der Waals surface area contributed by atoms with E-state index in [-0.39, 0.29) is 145 Å². The number of aromatic amines is 2. The molecular formula is C68H127N15O12P2Si2. The van der Waals surface area contributed by atoms with Crippen molar-refractivity contribution in [3.63, 3.8) is 0 Å². The summed E-state index contributed by atoms with van der Waals surface area (Å²) in [5.74, 6) is -1.19. The van der Waals surface area contributed by atoms with Gasteiger partial charge in [0.05, 0.1) is 88.5 Å². The maximum absolute atomic E-state index is 13.0. The summed E-state index contributed by atoms with van der Waals surface area (Å²) in [5.41, 5.74) is -0.0748. The van der Waals surface area contributed by atoms with Crippen LogP contribution < -0.4 is 21.8 Å². The second kappa shape index (κ2) is 38.8. The van der Waals surface area contributed by atoms with Crippen LogP contribution in [0.3, 0.4) is 0 Å². The van der Waals surface area contributed by atoms with Crippen molar-refractivity contribution in [2.45, 2.75) is 303 Å². The zero-order valence-electron chi connectivity index (χ0n) is 63.4. The lowest BCUT2D eigenvalue weighted by Crippen LogP contribution is -2.47. The second-order valence-electron chi connectivity index (χ2n) is 30.5. The first kappa shape index (κ1) is 90.6. The van der Waals surface area contributed by atoms with Crippen LogP contribution >= 0.6 is 17.0 Å². The average Bonchev–Trinajstić information content (AvgIpc) is 1.61. The molecule has 4 aromatic heterocycles. The molecule has 0 saturated carbocycles. The summed E-state index contributed by atoms with van der Waals surface area (Å²) >= 11 is 0. The Balaban J connectivity index is 0.000000539. The molecule has 0 aromatic carbocycles. The largest absolute Gasteiger partial charge is 0.409 e. The van der Waals surface area contributed by atoms with Gasteiger partial charge in [0.15, 0.2) is 59.9 Å². The number of rotatable bonds is 29. The molecule has 31 heteroatoms. The Kier molecular flexibility index (Phi) is 35.5. The molecule has 0 spiro atoms. The minimum absolute atomic E-state index is 0. The third-order valence-corrected chi connectivity index (χ3v) is 32.0. The average molecular weight is 1460 g/mol. The summed E-state index contributed by atoms with van der Waals surface area (Å²) in [7, 11) is -6.77. The quantitative estimate of drug-likeness (QED) is 0.0191. The maximum atomic E-state index is 13.0. The minimum Gasteiger partial charge on any atom is -0.409 e. The van der Waals surface area contributed by atoms with E-state index in [9.17, 15) is 24.3 Å². The van der Waals surface area contributed by atoms with Crippen molar-refractivity contribution < 1.29 is 46.6 Å². The van der Waals surface area contributed by atoms with Crippen molar-refractivity contribution in [3.05, 3.63) is 33.4 Å². The molecule has 99 heavy (non-hydrogen) atoms. The van der Waals surface area contributed by atoms with Crippen molar-refractivity contribution >= 4 is 79.6 Å². The molecule has 0 radical (unpaired) electrons. The van der Waals surface area contributed by atoms with E-state index in [0.29, 0.717) is 37.2 Å². The summed E-state index contributed by atoms with van der Waals surface area (Å²) < 4.78 is 55.8. The van der Waals surface area contributed by atoms with Crippen molar-refractivity contribution in [2.75, 3.05) is 37.1 Å². The lowest BCUT2D eigenvalue weighted by atomic mass is 10.0. The fourth-order valence-electron chi connectivity index (χ4n) is 10.6.